The lowest BCUT2D eigenvalue weighted by Crippen LogP contribution is -2.48. The number of rotatable bonds is 4. The number of halogens is 1. The van der Waals surface area contributed by atoms with Gasteiger partial charge in [0, 0.05) is 36.7 Å². The number of hydrogen-bond donors (Lipinski definition) is 0. The Morgan fingerprint density at radius 1 is 1.12 bits per heavy atom. The van der Waals surface area contributed by atoms with Crippen molar-refractivity contribution in [1.82, 2.24) is 9.29 Å². The molecule has 0 amide bonds. The fraction of sp³-hybridized carbons (Fsp3) is 0.267. The van der Waals surface area contributed by atoms with Crippen molar-refractivity contribution < 1.29 is 13.3 Å². The first-order chi connectivity index (χ1) is 11.9. The minimum absolute atomic E-state index is 0.0698. The van der Waals surface area contributed by atoms with E-state index in [1.54, 1.807) is 30.3 Å². The van der Waals surface area contributed by atoms with E-state index in [1.807, 2.05) is 4.90 Å². The fourth-order valence-electron chi connectivity index (χ4n) is 2.61. The molecule has 1 aliphatic heterocycles. The van der Waals surface area contributed by atoms with Gasteiger partial charge >= 0.3 is 0 Å². The minimum Gasteiger partial charge on any atom is -0.354 e. The van der Waals surface area contributed by atoms with Gasteiger partial charge in [0.15, 0.2) is 0 Å². The number of hydrogen-bond acceptors (Lipinski definition) is 6. The second-order valence-electron chi connectivity index (χ2n) is 5.48. The molecule has 8 nitrogen and oxygen atoms in total. The SMILES string of the molecule is O=[N+]([O-])c1ccc(N2CCN(S(=O)(=O)c3cccc(Br)c3)CC2)nc1. The van der Waals surface area contributed by atoms with Crippen molar-refractivity contribution >= 4 is 37.5 Å². The molecule has 10 heteroatoms. The molecule has 3 rings (SSSR count). The smallest absolute Gasteiger partial charge is 0.287 e. The van der Waals surface area contributed by atoms with Crippen LogP contribution in [0.25, 0.3) is 0 Å². The number of nitrogens with zero attached hydrogens (tertiary/aromatic N) is 4. The van der Waals surface area contributed by atoms with E-state index >= 15 is 0 Å². The molecule has 0 aliphatic carbocycles. The lowest BCUT2D eigenvalue weighted by Gasteiger charge is -2.34. The van der Waals surface area contributed by atoms with Gasteiger partial charge in [-0.05, 0) is 24.3 Å². The number of sulfonamides is 1. The quantitative estimate of drug-likeness (QED) is 0.549. The molecule has 1 aliphatic rings. The van der Waals surface area contributed by atoms with Gasteiger partial charge in [0.2, 0.25) is 10.0 Å². The molecular formula is C15H15BrN4O4S. The van der Waals surface area contributed by atoms with Crippen molar-refractivity contribution in [2.24, 2.45) is 0 Å². The molecule has 0 unspecified atom stereocenters. The van der Waals surface area contributed by atoms with Gasteiger partial charge in [0.25, 0.3) is 5.69 Å². The third-order valence-electron chi connectivity index (χ3n) is 3.94. The van der Waals surface area contributed by atoms with Gasteiger partial charge < -0.3 is 4.90 Å². The van der Waals surface area contributed by atoms with Crippen molar-refractivity contribution in [2.45, 2.75) is 4.90 Å². The highest BCUT2D eigenvalue weighted by Gasteiger charge is 2.29. The highest BCUT2D eigenvalue weighted by Crippen LogP contribution is 2.23. The third kappa shape index (κ3) is 3.80. The fourth-order valence-corrected chi connectivity index (χ4v) is 4.63. The molecule has 0 N–H and O–H groups in total. The third-order valence-corrected chi connectivity index (χ3v) is 6.33. The Bertz CT molecular complexity index is 881. The Morgan fingerprint density at radius 2 is 1.84 bits per heavy atom. The predicted octanol–water partition coefficient (Wildman–Crippen LogP) is 2.26. The van der Waals surface area contributed by atoms with Crippen LogP contribution in [-0.4, -0.2) is 48.8 Å². The second kappa shape index (κ2) is 7.06. The Morgan fingerprint density at radius 3 is 2.40 bits per heavy atom. The van der Waals surface area contributed by atoms with Crippen LogP contribution in [0, 0.1) is 10.1 Å². The zero-order valence-electron chi connectivity index (χ0n) is 13.1. The molecule has 0 saturated carbocycles. The molecule has 0 bridgehead atoms. The summed E-state index contributed by atoms with van der Waals surface area (Å²) in [7, 11) is -3.54. The van der Waals surface area contributed by atoms with Gasteiger partial charge in [-0.2, -0.15) is 4.31 Å². The monoisotopic (exact) mass is 426 g/mol. The van der Waals surface area contributed by atoms with Crippen LogP contribution in [0.4, 0.5) is 11.5 Å². The summed E-state index contributed by atoms with van der Waals surface area (Å²) < 4.78 is 27.5. The second-order valence-corrected chi connectivity index (χ2v) is 8.33. The molecule has 0 spiro atoms. The average molecular weight is 427 g/mol. The van der Waals surface area contributed by atoms with E-state index < -0.39 is 14.9 Å². The first kappa shape index (κ1) is 17.8. The maximum absolute atomic E-state index is 12.7. The van der Waals surface area contributed by atoms with Crippen molar-refractivity contribution in [2.75, 3.05) is 31.1 Å². The molecule has 1 fully saturated rings. The largest absolute Gasteiger partial charge is 0.354 e. The summed E-state index contributed by atoms with van der Waals surface area (Å²) >= 11 is 3.29. The Labute approximate surface area is 153 Å². The summed E-state index contributed by atoms with van der Waals surface area (Å²) in [4.78, 5) is 16.4. The predicted molar refractivity (Wildman–Crippen MR) is 96.0 cm³/mol. The first-order valence-electron chi connectivity index (χ1n) is 7.49. The lowest BCUT2D eigenvalue weighted by molar-refractivity contribution is -0.385. The van der Waals surface area contributed by atoms with Crippen molar-refractivity contribution in [3.63, 3.8) is 0 Å². The summed E-state index contributed by atoms with van der Waals surface area (Å²) in [5.41, 5.74) is -0.0698. The van der Waals surface area contributed by atoms with Gasteiger partial charge in [0.1, 0.15) is 12.0 Å². The van der Waals surface area contributed by atoms with E-state index in [9.17, 15) is 18.5 Å². The minimum atomic E-state index is -3.54. The Hall–Kier alpha value is -2.04. The average Bonchev–Trinajstić information content (AvgIpc) is 2.62. The molecule has 1 aromatic heterocycles. The molecule has 1 saturated heterocycles. The topological polar surface area (TPSA) is 96.6 Å². The van der Waals surface area contributed by atoms with Crippen molar-refractivity contribution in [3.05, 3.63) is 57.2 Å². The van der Waals surface area contributed by atoms with E-state index in [-0.39, 0.29) is 10.6 Å². The lowest BCUT2D eigenvalue weighted by atomic mass is 10.3. The molecule has 132 valence electrons. The van der Waals surface area contributed by atoms with Crippen LogP contribution in [-0.2, 0) is 10.0 Å². The summed E-state index contributed by atoms with van der Waals surface area (Å²) in [6, 6.07) is 9.60. The number of anilines is 1. The zero-order chi connectivity index (χ0) is 18.0. The summed E-state index contributed by atoms with van der Waals surface area (Å²) in [5, 5.41) is 10.7. The van der Waals surface area contributed by atoms with Crippen LogP contribution in [0.3, 0.4) is 0 Å². The molecule has 2 aromatic rings. The molecule has 0 atom stereocenters. The van der Waals surface area contributed by atoms with Gasteiger partial charge in [-0.3, -0.25) is 10.1 Å². The number of nitro groups is 1. The number of piperazine rings is 1. The van der Waals surface area contributed by atoms with Crippen molar-refractivity contribution in [3.8, 4) is 0 Å². The molecule has 0 radical (unpaired) electrons. The summed E-state index contributed by atoms with van der Waals surface area (Å²) in [6.45, 7) is 1.59. The Kier molecular flexibility index (Phi) is 5.02. The maximum atomic E-state index is 12.7. The molecular weight excluding hydrogens is 412 g/mol. The normalized spacial score (nSPS) is 16.0. The van der Waals surface area contributed by atoms with Crippen LogP contribution in [0.1, 0.15) is 0 Å². The molecule has 25 heavy (non-hydrogen) atoms. The van der Waals surface area contributed by atoms with Crippen LogP contribution in [0.15, 0.2) is 52.0 Å². The van der Waals surface area contributed by atoms with Gasteiger partial charge in [0.05, 0.1) is 9.82 Å². The maximum Gasteiger partial charge on any atom is 0.287 e. The molecule has 2 heterocycles. The van der Waals surface area contributed by atoms with E-state index in [0.29, 0.717) is 36.5 Å². The van der Waals surface area contributed by atoms with Crippen LogP contribution in [0.2, 0.25) is 0 Å². The van der Waals surface area contributed by atoms with Crippen LogP contribution < -0.4 is 4.90 Å². The van der Waals surface area contributed by atoms with Gasteiger partial charge in [-0.15, -0.1) is 0 Å². The molecule has 1 aromatic carbocycles. The summed E-state index contributed by atoms with van der Waals surface area (Å²) in [6.07, 6.45) is 1.21. The van der Waals surface area contributed by atoms with Crippen LogP contribution >= 0.6 is 15.9 Å². The van der Waals surface area contributed by atoms with Gasteiger partial charge in [-0.1, -0.05) is 22.0 Å². The van der Waals surface area contributed by atoms with Crippen LogP contribution in [0.5, 0.6) is 0 Å². The summed E-state index contributed by atoms with van der Waals surface area (Å²) in [5.74, 6) is 0.602. The van der Waals surface area contributed by atoms with E-state index in [4.69, 9.17) is 0 Å². The zero-order valence-corrected chi connectivity index (χ0v) is 15.5. The highest BCUT2D eigenvalue weighted by atomic mass is 79.9. The van der Waals surface area contributed by atoms with E-state index in [0.717, 1.165) is 0 Å². The van der Waals surface area contributed by atoms with Crippen molar-refractivity contribution in [1.29, 1.82) is 0 Å². The van der Waals surface area contributed by atoms with Gasteiger partial charge in [-0.25, -0.2) is 13.4 Å². The number of aromatic nitrogens is 1. The first-order valence-corrected chi connectivity index (χ1v) is 9.72. The number of pyridine rings is 1. The van der Waals surface area contributed by atoms with E-state index in [2.05, 4.69) is 20.9 Å². The standard InChI is InChI=1S/C15H15BrN4O4S/c16-12-2-1-3-14(10-12)25(23,24)19-8-6-18(7-9-19)15-5-4-13(11-17-15)20(21)22/h1-5,10-11H,6-9H2. The van der Waals surface area contributed by atoms with E-state index in [1.165, 1.54) is 16.6 Å². The number of benzene rings is 1. The Balaban J connectivity index is 1.70. The highest BCUT2D eigenvalue weighted by molar-refractivity contribution is 9.10.